The second kappa shape index (κ2) is 10.5. The van der Waals surface area contributed by atoms with E-state index in [0.717, 1.165) is 69.1 Å². The predicted octanol–water partition coefficient (Wildman–Crippen LogP) is 6.53. The highest BCUT2D eigenvalue weighted by atomic mass is 16.5. The van der Waals surface area contributed by atoms with E-state index in [1.807, 2.05) is 42.5 Å². The van der Waals surface area contributed by atoms with Crippen LogP contribution < -0.4 is 23.5 Å². The molecule has 0 unspecified atom stereocenters. The molecule has 0 radical (unpaired) electrons. The van der Waals surface area contributed by atoms with Gasteiger partial charge in [0, 0.05) is 12.5 Å². The van der Waals surface area contributed by atoms with Crippen LogP contribution in [-0.4, -0.2) is 14.2 Å². The van der Waals surface area contributed by atoms with Crippen molar-refractivity contribution in [3.63, 3.8) is 0 Å². The summed E-state index contributed by atoms with van der Waals surface area (Å²) in [7, 11) is 3.35. The Labute approximate surface area is 222 Å². The van der Waals surface area contributed by atoms with Gasteiger partial charge < -0.3 is 18.9 Å². The Kier molecular flexibility index (Phi) is 6.57. The van der Waals surface area contributed by atoms with Crippen molar-refractivity contribution < 1.29 is 23.5 Å². The summed E-state index contributed by atoms with van der Waals surface area (Å²) in [5.41, 5.74) is 5.78. The van der Waals surface area contributed by atoms with Crippen molar-refractivity contribution in [2.75, 3.05) is 14.2 Å². The van der Waals surface area contributed by atoms with Crippen LogP contribution in [0.3, 0.4) is 0 Å². The van der Waals surface area contributed by atoms with E-state index in [0.29, 0.717) is 13.2 Å². The minimum Gasteiger partial charge on any atom is -0.493 e. The van der Waals surface area contributed by atoms with Crippen LogP contribution >= 0.6 is 0 Å². The van der Waals surface area contributed by atoms with Crippen molar-refractivity contribution in [1.29, 1.82) is 0 Å². The first-order chi connectivity index (χ1) is 18.7. The van der Waals surface area contributed by atoms with Crippen LogP contribution in [-0.2, 0) is 26.2 Å². The zero-order valence-electron chi connectivity index (χ0n) is 21.6. The van der Waals surface area contributed by atoms with Gasteiger partial charge in [-0.1, -0.05) is 60.7 Å². The van der Waals surface area contributed by atoms with Gasteiger partial charge in [0.25, 0.3) is 0 Å². The van der Waals surface area contributed by atoms with E-state index in [9.17, 15) is 0 Å². The van der Waals surface area contributed by atoms with Crippen LogP contribution in [0.25, 0.3) is 22.0 Å². The largest absolute Gasteiger partial charge is 0.493 e. The minimum atomic E-state index is 0.468. The van der Waals surface area contributed by atoms with E-state index in [1.54, 1.807) is 14.2 Å². The highest BCUT2D eigenvalue weighted by Gasteiger charge is 2.27. The molecule has 1 aromatic heterocycles. The standard InChI is InChI=1S/C33H30NO4/c1-35-30-14-13-25-17-29-27-19-32(38-22-24-11-7-4-8-12-24)31(37-21-23-9-5-3-6-10-23)18-26(27)15-16-34(29)20-28(25)33(30)36-2/h3-14,17-20H,15-16,21-22H2,1-2H3/q+1. The first kappa shape index (κ1) is 23.9. The van der Waals surface area contributed by atoms with Crippen LogP contribution in [0.1, 0.15) is 16.7 Å². The first-order valence-corrected chi connectivity index (χ1v) is 12.8. The quantitative estimate of drug-likeness (QED) is 0.226. The number of ether oxygens (including phenoxy) is 4. The van der Waals surface area contributed by atoms with E-state index >= 15 is 0 Å². The molecule has 0 amide bonds. The number of aromatic nitrogens is 1. The van der Waals surface area contributed by atoms with Crippen LogP contribution in [0.5, 0.6) is 23.0 Å². The van der Waals surface area contributed by atoms with Crippen molar-refractivity contribution in [2.24, 2.45) is 0 Å². The van der Waals surface area contributed by atoms with Crippen molar-refractivity contribution in [1.82, 2.24) is 0 Å². The van der Waals surface area contributed by atoms with Gasteiger partial charge >= 0.3 is 0 Å². The van der Waals surface area contributed by atoms with E-state index in [-0.39, 0.29) is 0 Å². The Hall–Kier alpha value is -4.51. The van der Waals surface area contributed by atoms with Gasteiger partial charge in [0.15, 0.2) is 35.7 Å². The van der Waals surface area contributed by atoms with Crippen molar-refractivity contribution >= 4 is 10.8 Å². The van der Waals surface area contributed by atoms with Gasteiger partial charge in [0.2, 0.25) is 5.69 Å². The van der Waals surface area contributed by atoms with Gasteiger partial charge in [-0.25, -0.2) is 0 Å². The molecule has 1 aliphatic heterocycles. The Morgan fingerprint density at radius 1 is 0.684 bits per heavy atom. The molecule has 0 saturated carbocycles. The van der Waals surface area contributed by atoms with Crippen LogP contribution in [0.2, 0.25) is 0 Å². The third-order valence-corrected chi connectivity index (χ3v) is 7.05. The molecule has 0 N–H and O–H groups in total. The molecule has 0 fully saturated rings. The number of rotatable bonds is 8. The van der Waals surface area contributed by atoms with Gasteiger partial charge in [-0.05, 0) is 46.3 Å². The Morgan fingerprint density at radius 2 is 1.34 bits per heavy atom. The molecule has 0 atom stereocenters. The molecule has 0 bridgehead atoms. The van der Waals surface area contributed by atoms with Gasteiger partial charge in [0.05, 0.1) is 25.2 Å². The van der Waals surface area contributed by atoms with Crippen LogP contribution in [0, 0.1) is 0 Å². The van der Waals surface area contributed by atoms with Gasteiger partial charge in [-0.15, -0.1) is 0 Å². The van der Waals surface area contributed by atoms with E-state index < -0.39 is 0 Å². The molecule has 4 aromatic carbocycles. The van der Waals surface area contributed by atoms with Gasteiger partial charge in [-0.3, -0.25) is 0 Å². The lowest BCUT2D eigenvalue weighted by atomic mass is 9.95. The monoisotopic (exact) mass is 504 g/mol. The third kappa shape index (κ3) is 4.63. The van der Waals surface area contributed by atoms with E-state index in [2.05, 4.69) is 59.3 Å². The number of hydrogen-bond donors (Lipinski definition) is 0. The van der Waals surface area contributed by atoms with E-state index in [4.69, 9.17) is 18.9 Å². The van der Waals surface area contributed by atoms with Crippen molar-refractivity contribution in [3.05, 3.63) is 114 Å². The third-order valence-electron chi connectivity index (χ3n) is 7.05. The summed E-state index contributed by atoms with van der Waals surface area (Å²) in [6.07, 6.45) is 3.06. The molecule has 5 nitrogen and oxygen atoms in total. The summed E-state index contributed by atoms with van der Waals surface area (Å²) in [5, 5.41) is 2.13. The fraction of sp³-hybridized carbons (Fsp3) is 0.182. The van der Waals surface area contributed by atoms with Gasteiger partial charge in [0.1, 0.15) is 13.2 Å². The number of methoxy groups -OCH3 is 2. The fourth-order valence-corrected chi connectivity index (χ4v) is 5.08. The fourth-order valence-electron chi connectivity index (χ4n) is 5.08. The molecule has 5 heteroatoms. The zero-order valence-corrected chi connectivity index (χ0v) is 21.6. The maximum Gasteiger partial charge on any atom is 0.213 e. The number of pyridine rings is 1. The summed E-state index contributed by atoms with van der Waals surface area (Å²) >= 11 is 0. The smallest absolute Gasteiger partial charge is 0.213 e. The van der Waals surface area contributed by atoms with Crippen molar-refractivity contribution in [2.45, 2.75) is 26.2 Å². The summed E-state index contributed by atoms with van der Waals surface area (Å²) < 4.78 is 26.2. The number of benzene rings is 4. The lowest BCUT2D eigenvalue weighted by molar-refractivity contribution is -0.686. The number of nitrogens with zero attached hydrogens (tertiary/aromatic N) is 1. The molecule has 5 aromatic rings. The lowest BCUT2D eigenvalue weighted by Crippen LogP contribution is -2.40. The molecular formula is C33H30NO4+. The molecular weight excluding hydrogens is 474 g/mol. The maximum atomic E-state index is 6.38. The Morgan fingerprint density at radius 3 is 1.97 bits per heavy atom. The molecule has 6 rings (SSSR count). The molecule has 2 heterocycles. The first-order valence-electron chi connectivity index (χ1n) is 12.8. The molecule has 190 valence electrons. The average molecular weight is 505 g/mol. The summed E-state index contributed by atoms with van der Waals surface area (Å²) in [6, 6.07) is 31.0. The molecule has 0 spiro atoms. The lowest BCUT2D eigenvalue weighted by Gasteiger charge is -2.20. The Bertz CT molecular complexity index is 1580. The average Bonchev–Trinajstić information content (AvgIpc) is 2.98. The SMILES string of the molecule is COc1ccc2cc3[n+](cc2c1OC)CCc1cc(OCc2ccccc2)c(OCc2ccccc2)cc1-3. The predicted molar refractivity (Wildman–Crippen MR) is 148 cm³/mol. The summed E-state index contributed by atoms with van der Waals surface area (Å²) in [4.78, 5) is 0. The number of fused-ring (bicyclic) bond motifs is 4. The van der Waals surface area contributed by atoms with Crippen LogP contribution in [0.4, 0.5) is 0 Å². The second-order valence-electron chi connectivity index (χ2n) is 9.41. The Balaban J connectivity index is 1.41. The normalized spacial score (nSPS) is 11.9. The number of aryl methyl sites for hydroxylation is 2. The van der Waals surface area contributed by atoms with Crippen molar-refractivity contribution in [3.8, 4) is 34.3 Å². The molecule has 38 heavy (non-hydrogen) atoms. The topological polar surface area (TPSA) is 40.8 Å². The van der Waals surface area contributed by atoms with Crippen LogP contribution in [0.15, 0.2) is 97.2 Å². The summed E-state index contributed by atoms with van der Waals surface area (Å²) in [5.74, 6) is 2.99. The molecule has 0 aliphatic carbocycles. The highest BCUT2D eigenvalue weighted by molar-refractivity contribution is 5.91. The van der Waals surface area contributed by atoms with Gasteiger partial charge in [-0.2, -0.15) is 4.57 Å². The zero-order chi connectivity index (χ0) is 25.9. The minimum absolute atomic E-state index is 0.468. The summed E-state index contributed by atoms with van der Waals surface area (Å²) in [6.45, 7) is 1.82. The van der Waals surface area contributed by atoms with E-state index in [1.165, 1.54) is 5.56 Å². The second-order valence-corrected chi connectivity index (χ2v) is 9.41. The number of hydrogen-bond acceptors (Lipinski definition) is 4. The highest BCUT2D eigenvalue weighted by Crippen LogP contribution is 2.40. The maximum absolute atomic E-state index is 6.38. The molecule has 1 aliphatic rings. The molecule has 0 saturated heterocycles.